The lowest BCUT2D eigenvalue weighted by Gasteiger charge is -2.34. The van der Waals surface area contributed by atoms with Gasteiger partial charge in [-0.25, -0.2) is 9.10 Å². The molecule has 2 heterocycles. The number of fused-ring (bicyclic) bond motifs is 1. The molecule has 0 spiro atoms. The molecule has 1 aliphatic rings. The number of urea groups is 1. The minimum atomic E-state index is -4.10. The highest BCUT2D eigenvalue weighted by Crippen LogP contribution is 2.36. The van der Waals surface area contributed by atoms with E-state index in [1.807, 2.05) is 0 Å². The maximum Gasteiger partial charge on any atom is 0.339 e. The number of hydrogen-bond acceptors (Lipinski definition) is 4. The van der Waals surface area contributed by atoms with Gasteiger partial charge in [-0.1, -0.05) is 53.5 Å². The predicted molar refractivity (Wildman–Crippen MR) is 110 cm³/mol. The van der Waals surface area contributed by atoms with Crippen molar-refractivity contribution >= 4 is 44.9 Å². The van der Waals surface area contributed by atoms with Gasteiger partial charge in [0.15, 0.2) is 5.03 Å². The molecule has 0 unspecified atom stereocenters. The van der Waals surface area contributed by atoms with Crippen LogP contribution < -0.4 is 4.90 Å². The minimum Gasteiger partial charge on any atom is -0.284 e. The SMILES string of the molecule is Cn1ncc2c1S(=O)(=O)N(Cc1cccc(Cl)c1)C(=O)N2Cc1ccccc1Cl. The van der Waals surface area contributed by atoms with E-state index in [2.05, 4.69) is 5.10 Å². The first-order chi connectivity index (χ1) is 13.8. The Balaban J connectivity index is 1.80. The summed E-state index contributed by atoms with van der Waals surface area (Å²) in [6.45, 7) is -0.0376. The van der Waals surface area contributed by atoms with E-state index in [1.54, 1.807) is 48.5 Å². The van der Waals surface area contributed by atoms with Gasteiger partial charge in [0.1, 0.15) is 5.69 Å². The second kappa shape index (κ2) is 7.37. The summed E-state index contributed by atoms with van der Waals surface area (Å²) in [5.41, 5.74) is 1.51. The molecular formula is C19H16Cl2N4O3S. The van der Waals surface area contributed by atoms with E-state index in [1.165, 1.54) is 22.8 Å². The Labute approximate surface area is 178 Å². The molecule has 0 atom stereocenters. The van der Waals surface area contributed by atoms with Crippen LogP contribution >= 0.6 is 23.2 Å². The molecule has 0 radical (unpaired) electrons. The van der Waals surface area contributed by atoms with Crippen LogP contribution in [0.4, 0.5) is 10.5 Å². The number of halogens is 2. The van der Waals surface area contributed by atoms with Gasteiger partial charge in [-0.2, -0.15) is 13.5 Å². The van der Waals surface area contributed by atoms with E-state index in [9.17, 15) is 13.2 Å². The number of benzene rings is 2. The molecule has 2 aromatic carbocycles. The summed E-state index contributed by atoms with van der Waals surface area (Å²) in [5, 5.41) is 4.95. The molecule has 1 aliphatic heterocycles. The van der Waals surface area contributed by atoms with Gasteiger partial charge in [0.05, 0.1) is 19.3 Å². The van der Waals surface area contributed by atoms with E-state index in [0.717, 1.165) is 4.31 Å². The summed E-state index contributed by atoms with van der Waals surface area (Å²) in [6, 6.07) is 13.1. The normalized spacial score (nSPS) is 15.5. The number of anilines is 1. The van der Waals surface area contributed by atoms with Crippen LogP contribution in [-0.4, -0.2) is 28.5 Å². The predicted octanol–water partition coefficient (Wildman–Crippen LogP) is 4.06. The molecule has 29 heavy (non-hydrogen) atoms. The summed E-state index contributed by atoms with van der Waals surface area (Å²) >= 11 is 12.3. The van der Waals surface area contributed by atoms with Gasteiger partial charge in [-0.15, -0.1) is 0 Å². The first-order valence-electron chi connectivity index (χ1n) is 8.63. The van der Waals surface area contributed by atoms with Crippen LogP contribution in [0.3, 0.4) is 0 Å². The maximum atomic E-state index is 13.3. The summed E-state index contributed by atoms with van der Waals surface area (Å²) in [4.78, 5) is 14.6. The average Bonchev–Trinajstić information content (AvgIpc) is 3.06. The second-order valence-electron chi connectivity index (χ2n) is 6.56. The average molecular weight is 451 g/mol. The highest BCUT2D eigenvalue weighted by atomic mass is 35.5. The minimum absolute atomic E-state index is 0.0498. The van der Waals surface area contributed by atoms with E-state index < -0.39 is 16.1 Å². The number of carbonyl (C=O) groups is 1. The molecular weight excluding hydrogens is 435 g/mol. The van der Waals surface area contributed by atoms with E-state index >= 15 is 0 Å². The van der Waals surface area contributed by atoms with Gasteiger partial charge < -0.3 is 0 Å². The summed E-state index contributed by atoms with van der Waals surface area (Å²) in [7, 11) is -2.57. The monoisotopic (exact) mass is 450 g/mol. The number of sulfonamides is 1. The molecule has 0 fully saturated rings. The summed E-state index contributed by atoms with van der Waals surface area (Å²) < 4.78 is 28.5. The third kappa shape index (κ3) is 3.48. The Morgan fingerprint density at radius 2 is 1.79 bits per heavy atom. The highest BCUT2D eigenvalue weighted by molar-refractivity contribution is 7.89. The van der Waals surface area contributed by atoms with Crippen molar-refractivity contribution in [2.75, 3.05) is 4.90 Å². The third-order valence-electron chi connectivity index (χ3n) is 4.64. The zero-order valence-corrected chi connectivity index (χ0v) is 17.6. The number of nitrogens with zero attached hydrogens (tertiary/aromatic N) is 4. The van der Waals surface area contributed by atoms with Gasteiger partial charge in [-0.3, -0.25) is 9.58 Å². The van der Waals surface area contributed by atoms with E-state index in [4.69, 9.17) is 23.2 Å². The number of hydrogen-bond donors (Lipinski definition) is 0. The summed E-state index contributed by atoms with van der Waals surface area (Å²) in [6.07, 6.45) is 1.37. The van der Waals surface area contributed by atoms with Gasteiger partial charge in [-0.05, 0) is 29.3 Å². The van der Waals surface area contributed by atoms with Crippen molar-refractivity contribution in [2.45, 2.75) is 18.1 Å². The van der Waals surface area contributed by atoms with Crippen molar-refractivity contribution in [3.8, 4) is 0 Å². The molecule has 4 rings (SSSR count). The van der Waals surface area contributed by atoms with Gasteiger partial charge in [0, 0.05) is 17.1 Å². The fourth-order valence-electron chi connectivity index (χ4n) is 3.25. The van der Waals surface area contributed by atoms with Crippen molar-refractivity contribution in [3.63, 3.8) is 0 Å². The van der Waals surface area contributed by atoms with E-state index in [-0.39, 0.29) is 23.8 Å². The Bertz CT molecular complexity index is 1210. The Morgan fingerprint density at radius 3 is 2.52 bits per heavy atom. The van der Waals surface area contributed by atoms with Crippen LogP contribution in [-0.2, 0) is 30.2 Å². The molecule has 10 heteroatoms. The maximum absolute atomic E-state index is 13.3. The molecule has 1 aromatic heterocycles. The van der Waals surface area contributed by atoms with Crippen LogP contribution in [0.1, 0.15) is 11.1 Å². The molecule has 3 aromatic rings. The largest absolute Gasteiger partial charge is 0.339 e. The van der Waals surface area contributed by atoms with Crippen molar-refractivity contribution < 1.29 is 13.2 Å². The number of aromatic nitrogens is 2. The number of carbonyl (C=O) groups excluding carboxylic acids is 1. The Kier molecular flexibility index (Phi) is 5.02. The molecule has 0 aliphatic carbocycles. The van der Waals surface area contributed by atoms with Crippen molar-refractivity contribution in [1.82, 2.24) is 14.1 Å². The van der Waals surface area contributed by atoms with Gasteiger partial charge >= 0.3 is 6.03 Å². The summed E-state index contributed by atoms with van der Waals surface area (Å²) in [5.74, 6) is 0. The Morgan fingerprint density at radius 1 is 1.03 bits per heavy atom. The van der Waals surface area contributed by atoms with Crippen LogP contribution in [0.2, 0.25) is 10.0 Å². The van der Waals surface area contributed by atoms with Gasteiger partial charge in [0.2, 0.25) is 0 Å². The van der Waals surface area contributed by atoms with Crippen molar-refractivity contribution in [3.05, 3.63) is 75.9 Å². The third-order valence-corrected chi connectivity index (χ3v) is 7.07. The molecule has 0 saturated heterocycles. The first-order valence-corrected chi connectivity index (χ1v) is 10.8. The zero-order valence-electron chi connectivity index (χ0n) is 15.3. The second-order valence-corrected chi connectivity index (χ2v) is 9.18. The van der Waals surface area contributed by atoms with Crippen LogP contribution in [0, 0.1) is 0 Å². The molecule has 150 valence electrons. The fourth-order valence-corrected chi connectivity index (χ4v) is 5.30. The lowest BCUT2D eigenvalue weighted by Crippen LogP contribution is -2.50. The van der Waals surface area contributed by atoms with Crippen molar-refractivity contribution in [2.24, 2.45) is 7.05 Å². The smallest absolute Gasteiger partial charge is 0.284 e. The molecule has 0 saturated carbocycles. The number of amides is 2. The lowest BCUT2D eigenvalue weighted by molar-refractivity contribution is 0.225. The fraction of sp³-hybridized carbons (Fsp3) is 0.158. The molecule has 2 amide bonds. The quantitative estimate of drug-likeness (QED) is 0.600. The number of aryl methyl sites for hydroxylation is 1. The molecule has 0 bridgehead atoms. The van der Waals surface area contributed by atoms with Crippen LogP contribution in [0.25, 0.3) is 0 Å². The number of rotatable bonds is 4. The first kappa shape index (κ1) is 19.8. The standard InChI is InChI=1S/C19H16Cl2N4O3S/c1-23-18-17(10-22-23)24(12-14-6-2-3-8-16(14)21)19(26)25(29(18,27)28)11-13-5-4-7-15(20)9-13/h2-10H,11-12H2,1H3. The Hall–Kier alpha value is -2.55. The topological polar surface area (TPSA) is 75.5 Å². The van der Waals surface area contributed by atoms with Crippen LogP contribution in [0.5, 0.6) is 0 Å². The van der Waals surface area contributed by atoms with Crippen molar-refractivity contribution in [1.29, 1.82) is 0 Å². The van der Waals surface area contributed by atoms with Gasteiger partial charge in [0.25, 0.3) is 10.0 Å². The molecule has 7 nitrogen and oxygen atoms in total. The van der Waals surface area contributed by atoms with Crippen LogP contribution in [0.15, 0.2) is 59.8 Å². The highest BCUT2D eigenvalue weighted by Gasteiger charge is 2.44. The van der Waals surface area contributed by atoms with E-state index in [0.29, 0.717) is 21.2 Å². The molecule has 0 N–H and O–H groups in total. The lowest BCUT2D eigenvalue weighted by atomic mass is 10.2. The zero-order chi connectivity index (χ0) is 20.8.